The molecule has 0 saturated carbocycles. The Bertz CT molecular complexity index is 1220. The highest BCUT2D eigenvalue weighted by Gasteiger charge is 2.44. The van der Waals surface area contributed by atoms with Crippen molar-refractivity contribution in [1.82, 2.24) is 0 Å². The standard InChI is InChI=1S/C23H24O11/c1-30-14-7-13-16(19(27)22(14)31-2)17(25)12(9-32-13)10-3-5-11(6-4-10)33-23-21(29)20(28)18(26)15(8-24)34-23/h3-7,9,15,18,20-21,23-24,26-29H,8H2,1-2H3/t15-,18-,20+,21+,23-/m0/s1. The van der Waals surface area contributed by atoms with Gasteiger partial charge in [0.1, 0.15) is 47.4 Å². The van der Waals surface area contributed by atoms with Crippen LogP contribution in [0.3, 0.4) is 0 Å². The first kappa shape index (κ1) is 23.8. The molecule has 0 radical (unpaired) electrons. The Kier molecular flexibility index (Phi) is 6.64. The van der Waals surface area contributed by atoms with E-state index in [1.807, 2.05) is 0 Å². The molecular formula is C23H24O11. The number of aliphatic hydroxyl groups is 4. The highest BCUT2D eigenvalue weighted by atomic mass is 16.7. The van der Waals surface area contributed by atoms with Gasteiger partial charge in [0.15, 0.2) is 11.5 Å². The molecule has 0 aliphatic carbocycles. The van der Waals surface area contributed by atoms with E-state index in [2.05, 4.69) is 0 Å². The lowest BCUT2D eigenvalue weighted by molar-refractivity contribution is -0.277. The highest BCUT2D eigenvalue weighted by molar-refractivity contribution is 5.91. The van der Waals surface area contributed by atoms with E-state index in [1.54, 1.807) is 12.1 Å². The third-order valence-corrected chi connectivity index (χ3v) is 5.65. The molecule has 5 N–H and O–H groups in total. The molecule has 34 heavy (non-hydrogen) atoms. The lowest BCUT2D eigenvalue weighted by Crippen LogP contribution is -2.60. The van der Waals surface area contributed by atoms with Crippen LogP contribution in [-0.4, -0.2) is 77.1 Å². The molecule has 4 rings (SSSR count). The number of hydrogen-bond donors (Lipinski definition) is 5. The van der Waals surface area contributed by atoms with Gasteiger partial charge in [-0.05, 0) is 17.7 Å². The van der Waals surface area contributed by atoms with Gasteiger partial charge < -0.3 is 48.9 Å². The van der Waals surface area contributed by atoms with Crippen LogP contribution in [0.25, 0.3) is 22.1 Å². The molecule has 1 aliphatic heterocycles. The van der Waals surface area contributed by atoms with Crippen LogP contribution in [0.15, 0.2) is 45.8 Å². The van der Waals surface area contributed by atoms with E-state index < -0.39 is 48.5 Å². The summed E-state index contributed by atoms with van der Waals surface area (Å²) in [4.78, 5) is 13.1. The molecule has 11 nitrogen and oxygen atoms in total. The van der Waals surface area contributed by atoms with Crippen LogP contribution in [0.5, 0.6) is 23.0 Å². The summed E-state index contributed by atoms with van der Waals surface area (Å²) >= 11 is 0. The molecular weight excluding hydrogens is 452 g/mol. The van der Waals surface area contributed by atoms with Gasteiger partial charge in [-0.1, -0.05) is 12.1 Å². The maximum Gasteiger partial charge on any atom is 0.229 e. The minimum absolute atomic E-state index is 0.00252. The van der Waals surface area contributed by atoms with E-state index in [0.717, 1.165) is 0 Å². The summed E-state index contributed by atoms with van der Waals surface area (Å²) in [7, 11) is 2.73. The number of ether oxygens (including phenoxy) is 4. The molecule has 3 aromatic rings. The van der Waals surface area contributed by atoms with Crippen molar-refractivity contribution in [3.8, 4) is 34.1 Å². The molecule has 5 atom stereocenters. The van der Waals surface area contributed by atoms with Crippen LogP contribution >= 0.6 is 0 Å². The molecule has 182 valence electrons. The molecule has 2 aromatic carbocycles. The SMILES string of the molecule is COc1cc2occ(-c3ccc(O[C@H]4O[C@@H](CO)[C@H](O)[C@@H](O)[C@H]4O)cc3)c(=O)c2c(O)c1OC. The fraction of sp³-hybridized carbons (Fsp3) is 0.348. The second-order valence-corrected chi connectivity index (χ2v) is 7.65. The summed E-state index contributed by atoms with van der Waals surface area (Å²) in [6, 6.07) is 7.53. The van der Waals surface area contributed by atoms with E-state index in [4.69, 9.17) is 23.4 Å². The van der Waals surface area contributed by atoms with Gasteiger partial charge >= 0.3 is 0 Å². The molecule has 0 spiro atoms. The molecule has 0 bridgehead atoms. The van der Waals surface area contributed by atoms with Crippen molar-refractivity contribution in [2.75, 3.05) is 20.8 Å². The number of hydrogen-bond acceptors (Lipinski definition) is 11. The Balaban J connectivity index is 1.63. The van der Waals surface area contributed by atoms with Crippen molar-refractivity contribution in [2.45, 2.75) is 30.7 Å². The molecule has 1 saturated heterocycles. The lowest BCUT2D eigenvalue weighted by atomic mass is 9.99. The maximum atomic E-state index is 13.1. The van der Waals surface area contributed by atoms with Gasteiger partial charge in [-0.3, -0.25) is 4.79 Å². The minimum atomic E-state index is -1.57. The van der Waals surface area contributed by atoms with Crippen molar-refractivity contribution < 1.29 is 48.9 Å². The molecule has 1 aromatic heterocycles. The maximum absolute atomic E-state index is 13.1. The fourth-order valence-corrected chi connectivity index (χ4v) is 3.79. The Morgan fingerprint density at radius 1 is 1.00 bits per heavy atom. The highest BCUT2D eigenvalue weighted by Crippen LogP contribution is 2.41. The number of fused-ring (bicyclic) bond motifs is 1. The molecule has 2 heterocycles. The van der Waals surface area contributed by atoms with E-state index in [1.165, 1.54) is 38.7 Å². The topological polar surface area (TPSA) is 168 Å². The number of aromatic hydroxyl groups is 1. The van der Waals surface area contributed by atoms with Crippen LogP contribution in [0, 0.1) is 0 Å². The molecule has 11 heteroatoms. The van der Waals surface area contributed by atoms with Crippen molar-refractivity contribution in [2.24, 2.45) is 0 Å². The fourth-order valence-electron chi connectivity index (χ4n) is 3.79. The second kappa shape index (κ2) is 9.49. The number of methoxy groups -OCH3 is 2. The molecule has 1 fully saturated rings. The Labute approximate surface area is 192 Å². The molecule has 0 unspecified atom stereocenters. The van der Waals surface area contributed by atoms with Crippen LogP contribution in [0.1, 0.15) is 0 Å². The van der Waals surface area contributed by atoms with Gasteiger partial charge in [0.2, 0.25) is 17.5 Å². The lowest BCUT2D eigenvalue weighted by Gasteiger charge is -2.39. The van der Waals surface area contributed by atoms with Crippen molar-refractivity contribution >= 4 is 11.0 Å². The summed E-state index contributed by atoms with van der Waals surface area (Å²) in [6.45, 7) is -0.578. The summed E-state index contributed by atoms with van der Waals surface area (Å²) < 4.78 is 26.7. The van der Waals surface area contributed by atoms with Gasteiger partial charge in [-0.2, -0.15) is 0 Å². The summed E-state index contributed by atoms with van der Waals surface area (Å²) in [6.07, 6.45) is -5.81. The van der Waals surface area contributed by atoms with Crippen molar-refractivity contribution in [3.63, 3.8) is 0 Å². The number of rotatable bonds is 6. The van der Waals surface area contributed by atoms with Crippen LogP contribution in [0.2, 0.25) is 0 Å². The van der Waals surface area contributed by atoms with E-state index >= 15 is 0 Å². The predicted octanol–water partition coefficient (Wildman–Crippen LogP) is 0.361. The Morgan fingerprint density at radius 2 is 1.71 bits per heavy atom. The first-order chi connectivity index (χ1) is 16.3. The van der Waals surface area contributed by atoms with Gasteiger partial charge in [0.05, 0.1) is 26.4 Å². The minimum Gasteiger partial charge on any atom is -0.504 e. The zero-order valence-corrected chi connectivity index (χ0v) is 18.2. The van der Waals surface area contributed by atoms with Crippen LogP contribution in [0.4, 0.5) is 0 Å². The third-order valence-electron chi connectivity index (χ3n) is 5.65. The monoisotopic (exact) mass is 476 g/mol. The Morgan fingerprint density at radius 3 is 2.32 bits per heavy atom. The average Bonchev–Trinajstić information content (AvgIpc) is 2.84. The predicted molar refractivity (Wildman–Crippen MR) is 117 cm³/mol. The Hall–Kier alpha value is -3.35. The van der Waals surface area contributed by atoms with Crippen molar-refractivity contribution in [3.05, 3.63) is 46.8 Å². The number of aliphatic hydroxyl groups excluding tert-OH is 4. The van der Waals surface area contributed by atoms with E-state index in [-0.39, 0.29) is 33.8 Å². The van der Waals surface area contributed by atoms with Gasteiger partial charge in [-0.15, -0.1) is 0 Å². The normalized spacial score (nSPS) is 24.7. The summed E-state index contributed by atoms with van der Waals surface area (Å²) in [5, 5.41) is 49.7. The molecule has 0 amide bonds. The molecule has 1 aliphatic rings. The van der Waals surface area contributed by atoms with E-state index in [0.29, 0.717) is 5.56 Å². The second-order valence-electron chi connectivity index (χ2n) is 7.65. The van der Waals surface area contributed by atoms with Crippen molar-refractivity contribution in [1.29, 1.82) is 0 Å². The number of phenols is 1. The largest absolute Gasteiger partial charge is 0.504 e. The third kappa shape index (κ3) is 4.04. The van der Waals surface area contributed by atoms with Gasteiger partial charge in [0, 0.05) is 6.07 Å². The number of phenolic OH excluding ortho intramolecular Hbond substituents is 1. The zero-order valence-electron chi connectivity index (χ0n) is 18.2. The van der Waals surface area contributed by atoms with Gasteiger partial charge in [-0.25, -0.2) is 0 Å². The van der Waals surface area contributed by atoms with Crippen LogP contribution in [-0.2, 0) is 4.74 Å². The number of benzene rings is 2. The quantitative estimate of drug-likeness (QED) is 0.333. The summed E-state index contributed by atoms with van der Waals surface area (Å²) in [5.41, 5.74) is 0.231. The zero-order chi connectivity index (χ0) is 24.6. The van der Waals surface area contributed by atoms with E-state index in [9.17, 15) is 30.3 Å². The first-order valence-electron chi connectivity index (χ1n) is 10.3. The van der Waals surface area contributed by atoms with Gasteiger partial charge in [0.25, 0.3) is 0 Å². The average molecular weight is 476 g/mol. The first-order valence-corrected chi connectivity index (χ1v) is 10.3. The smallest absolute Gasteiger partial charge is 0.229 e. The van der Waals surface area contributed by atoms with Crippen LogP contribution < -0.4 is 19.6 Å². The summed E-state index contributed by atoms with van der Waals surface area (Å²) in [5.74, 6) is 0.0309.